The van der Waals surface area contributed by atoms with Crippen LogP contribution in [0, 0.1) is 0 Å². The van der Waals surface area contributed by atoms with Crippen LogP contribution in [-0.2, 0) is 0 Å². The molecule has 0 aliphatic carbocycles. The molecule has 0 spiro atoms. The molecule has 0 unspecified atom stereocenters. The van der Waals surface area contributed by atoms with Crippen LogP contribution < -0.4 is 10.5 Å². The number of benzene rings is 1. The summed E-state index contributed by atoms with van der Waals surface area (Å²) in [6, 6.07) is 13.6. The highest BCUT2D eigenvalue weighted by Crippen LogP contribution is 2.30. The summed E-state index contributed by atoms with van der Waals surface area (Å²) in [5, 5.41) is 0. The third kappa shape index (κ3) is 2.89. The smallest absolute Gasteiger partial charge is 0.212 e. The minimum absolute atomic E-state index is 0.470. The largest absolute Gasteiger partial charge is 0.481 e. The Bertz CT molecular complexity index is 803. The summed E-state index contributed by atoms with van der Waals surface area (Å²) in [6.07, 6.45) is 3.49. The number of nitrogens with two attached hydrogens (primary N) is 1. The minimum atomic E-state index is 0.470. The molecular formula is C17H15N3OS. The summed E-state index contributed by atoms with van der Waals surface area (Å²) in [6.45, 7) is 0. The number of nitrogens with zero attached hydrogens (tertiary/aromatic N) is 2. The van der Waals surface area contributed by atoms with Gasteiger partial charge in [0.05, 0.1) is 7.11 Å². The van der Waals surface area contributed by atoms with Crippen LogP contribution in [0.25, 0.3) is 22.3 Å². The highest BCUT2D eigenvalue weighted by atomic mass is 32.1. The first-order chi connectivity index (χ1) is 10.7. The van der Waals surface area contributed by atoms with E-state index in [0.717, 1.165) is 27.1 Å². The maximum atomic E-state index is 6.01. The number of rotatable bonds is 3. The lowest BCUT2D eigenvalue weighted by Crippen LogP contribution is -1.96. The summed E-state index contributed by atoms with van der Waals surface area (Å²) >= 11 is 4.37. The van der Waals surface area contributed by atoms with Gasteiger partial charge >= 0.3 is 0 Å². The molecule has 0 atom stereocenters. The molecule has 2 heterocycles. The van der Waals surface area contributed by atoms with Crippen LogP contribution in [0.2, 0.25) is 0 Å². The van der Waals surface area contributed by atoms with Crippen molar-refractivity contribution in [2.45, 2.75) is 4.90 Å². The highest BCUT2D eigenvalue weighted by Gasteiger charge is 2.08. The van der Waals surface area contributed by atoms with Crippen LogP contribution in [-0.4, -0.2) is 17.1 Å². The van der Waals surface area contributed by atoms with Crippen molar-refractivity contribution in [1.82, 2.24) is 9.97 Å². The minimum Gasteiger partial charge on any atom is -0.481 e. The average molecular weight is 309 g/mol. The van der Waals surface area contributed by atoms with Crippen LogP contribution >= 0.6 is 12.6 Å². The first-order valence-corrected chi connectivity index (χ1v) is 7.17. The zero-order valence-corrected chi connectivity index (χ0v) is 12.9. The van der Waals surface area contributed by atoms with Crippen molar-refractivity contribution >= 4 is 18.4 Å². The second-order valence-corrected chi connectivity index (χ2v) is 5.31. The molecule has 22 heavy (non-hydrogen) atoms. The zero-order valence-electron chi connectivity index (χ0n) is 12.0. The highest BCUT2D eigenvalue weighted by molar-refractivity contribution is 7.80. The Labute approximate surface area is 134 Å². The van der Waals surface area contributed by atoms with Crippen molar-refractivity contribution in [3.05, 3.63) is 54.9 Å². The van der Waals surface area contributed by atoms with Gasteiger partial charge in [0.2, 0.25) is 5.88 Å². The van der Waals surface area contributed by atoms with E-state index in [2.05, 4.69) is 22.6 Å². The first-order valence-electron chi connectivity index (χ1n) is 6.73. The molecule has 3 aromatic rings. The molecule has 0 saturated carbocycles. The molecule has 0 radical (unpaired) electrons. The lowest BCUT2D eigenvalue weighted by Gasteiger charge is -2.09. The fourth-order valence-electron chi connectivity index (χ4n) is 2.21. The zero-order chi connectivity index (χ0) is 15.5. The third-order valence-corrected chi connectivity index (χ3v) is 3.63. The van der Waals surface area contributed by atoms with E-state index < -0.39 is 0 Å². The van der Waals surface area contributed by atoms with Crippen molar-refractivity contribution in [3.63, 3.8) is 0 Å². The third-order valence-electron chi connectivity index (χ3n) is 3.35. The van der Waals surface area contributed by atoms with E-state index >= 15 is 0 Å². The molecule has 2 N–H and O–H groups in total. The van der Waals surface area contributed by atoms with Gasteiger partial charge in [-0.3, -0.25) is 0 Å². The van der Waals surface area contributed by atoms with Crippen LogP contribution in [0.15, 0.2) is 59.8 Å². The van der Waals surface area contributed by atoms with E-state index in [9.17, 15) is 0 Å². The van der Waals surface area contributed by atoms with E-state index in [4.69, 9.17) is 10.5 Å². The molecule has 0 bridgehead atoms. The maximum absolute atomic E-state index is 6.01. The van der Waals surface area contributed by atoms with E-state index in [-0.39, 0.29) is 0 Å². The van der Waals surface area contributed by atoms with Crippen LogP contribution in [0.1, 0.15) is 0 Å². The van der Waals surface area contributed by atoms with Crippen molar-refractivity contribution < 1.29 is 4.74 Å². The van der Waals surface area contributed by atoms with Crippen molar-refractivity contribution in [2.75, 3.05) is 12.8 Å². The fourth-order valence-corrected chi connectivity index (χ4v) is 2.44. The van der Waals surface area contributed by atoms with Gasteiger partial charge in [-0.1, -0.05) is 12.1 Å². The molecule has 3 rings (SSSR count). The summed E-state index contributed by atoms with van der Waals surface area (Å²) in [5.74, 6) is 1.03. The molecular weight excluding hydrogens is 294 g/mol. The number of nitrogen functional groups attached to an aromatic ring is 1. The normalized spacial score (nSPS) is 10.5. The quantitative estimate of drug-likeness (QED) is 0.724. The van der Waals surface area contributed by atoms with Gasteiger partial charge in [0.1, 0.15) is 5.82 Å². The van der Waals surface area contributed by atoms with Gasteiger partial charge in [0.25, 0.3) is 0 Å². The monoisotopic (exact) mass is 309 g/mol. The maximum Gasteiger partial charge on any atom is 0.212 e. The van der Waals surface area contributed by atoms with Crippen LogP contribution in [0.5, 0.6) is 5.88 Å². The van der Waals surface area contributed by atoms with Crippen molar-refractivity contribution in [2.24, 2.45) is 0 Å². The summed E-state index contributed by atoms with van der Waals surface area (Å²) in [5.41, 5.74) is 9.78. The molecule has 0 saturated heterocycles. The number of thiol groups is 1. The standard InChI is InChI=1S/C17H15N3OS/c1-21-16-6-5-12(9-19-16)15-8-13(10-20-17(15)18)11-3-2-4-14(22)7-11/h2-10,22H,1H3,(H2,18,20). The Morgan fingerprint density at radius 3 is 2.45 bits per heavy atom. The van der Waals surface area contributed by atoms with E-state index in [0.29, 0.717) is 11.7 Å². The van der Waals surface area contributed by atoms with Gasteiger partial charge in [-0.05, 0) is 29.8 Å². The van der Waals surface area contributed by atoms with Crippen LogP contribution in [0.4, 0.5) is 5.82 Å². The van der Waals surface area contributed by atoms with Gasteiger partial charge in [-0.2, -0.15) is 0 Å². The number of hydrogen-bond donors (Lipinski definition) is 2. The van der Waals surface area contributed by atoms with Gasteiger partial charge in [-0.15, -0.1) is 12.6 Å². The molecule has 5 heteroatoms. The second kappa shape index (κ2) is 6.07. The van der Waals surface area contributed by atoms with E-state index in [1.165, 1.54) is 0 Å². The number of ether oxygens (including phenoxy) is 1. The van der Waals surface area contributed by atoms with Gasteiger partial charge in [0, 0.05) is 40.0 Å². The Hall–Kier alpha value is -2.53. The Morgan fingerprint density at radius 1 is 0.955 bits per heavy atom. The Balaban J connectivity index is 2.06. The van der Waals surface area contributed by atoms with Gasteiger partial charge in [0.15, 0.2) is 0 Å². The summed E-state index contributed by atoms with van der Waals surface area (Å²) < 4.78 is 5.08. The van der Waals surface area contributed by atoms with Gasteiger partial charge in [-0.25, -0.2) is 9.97 Å². The number of aromatic nitrogens is 2. The second-order valence-electron chi connectivity index (χ2n) is 4.80. The molecule has 4 nitrogen and oxygen atoms in total. The predicted octanol–water partition coefficient (Wildman–Crippen LogP) is 3.69. The molecule has 0 aliphatic heterocycles. The van der Waals surface area contributed by atoms with Crippen LogP contribution in [0.3, 0.4) is 0 Å². The molecule has 0 fully saturated rings. The molecule has 1 aromatic carbocycles. The SMILES string of the molecule is COc1ccc(-c2cc(-c3cccc(S)c3)cnc2N)cn1. The summed E-state index contributed by atoms with van der Waals surface area (Å²) in [7, 11) is 1.59. The van der Waals surface area contributed by atoms with E-state index in [1.54, 1.807) is 25.6 Å². The number of methoxy groups -OCH3 is 1. The first kappa shape index (κ1) is 14.4. The fraction of sp³-hybridized carbons (Fsp3) is 0.0588. The number of pyridine rings is 2. The predicted molar refractivity (Wildman–Crippen MR) is 91.1 cm³/mol. The summed E-state index contributed by atoms with van der Waals surface area (Å²) in [4.78, 5) is 9.42. The molecule has 0 amide bonds. The van der Waals surface area contributed by atoms with Crippen molar-refractivity contribution in [1.29, 1.82) is 0 Å². The number of anilines is 1. The molecule has 110 valence electrons. The van der Waals surface area contributed by atoms with Gasteiger partial charge < -0.3 is 10.5 Å². The lowest BCUT2D eigenvalue weighted by atomic mass is 10.0. The van der Waals surface area contributed by atoms with Crippen molar-refractivity contribution in [3.8, 4) is 28.1 Å². The lowest BCUT2D eigenvalue weighted by molar-refractivity contribution is 0.398. The molecule has 2 aromatic heterocycles. The Kier molecular flexibility index (Phi) is 3.98. The topological polar surface area (TPSA) is 61.0 Å². The average Bonchev–Trinajstić information content (AvgIpc) is 2.55. The van der Waals surface area contributed by atoms with E-state index in [1.807, 2.05) is 36.4 Å². The Morgan fingerprint density at radius 2 is 1.77 bits per heavy atom. The number of hydrogen-bond acceptors (Lipinski definition) is 5. The molecule has 0 aliphatic rings.